The first-order valence-electron chi connectivity index (χ1n) is 11.2. The van der Waals surface area contributed by atoms with Crippen molar-refractivity contribution in [3.63, 3.8) is 0 Å². The molecule has 7 heteroatoms. The molecule has 0 unspecified atom stereocenters. The van der Waals surface area contributed by atoms with Gasteiger partial charge in [0, 0.05) is 6.92 Å². The molecule has 1 heterocycles. The summed E-state index contributed by atoms with van der Waals surface area (Å²) in [5.74, 6) is -1.66. The van der Waals surface area contributed by atoms with Gasteiger partial charge >= 0.3 is 17.6 Å². The lowest BCUT2D eigenvalue weighted by Gasteiger charge is -2.14. The van der Waals surface area contributed by atoms with Crippen LogP contribution in [0.5, 0.6) is 17.2 Å². The molecule has 0 saturated heterocycles. The molecule has 7 nitrogen and oxygen atoms in total. The van der Waals surface area contributed by atoms with Gasteiger partial charge in [-0.05, 0) is 64.0 Å². The average molecular weight is 477 g/mol. The van der Waals surface area contributed by atoms with E-state index in [4.69, 9.17) is 18.6 Å². The van der Waals surface area contributed by atoms with Crippen LogP contribution in [0.3, 0.4) is 0 Å². The second kappa shape index (κ2) is 11.8. The lowest BCUT2D eigenvalue weighted by Crippen LogP contribution is -2.15. The molecule has 0 aliphatic rings. The highest BCUT2D eigenvalue weighted by Crippen LogP contribution is 2.39. The Morgan fingerprint density at radius 2 is 1.63 bits per heavy atom. The summed E-state index contributed by atoms with van der Waals surface area (Å²) in [5.41, 5.74) is 1.88. The molecule has 3 aromatic rings. The van der Waals surface area contributed by atoms with Gasteiger partial charge in [0.1, 0.15) is 23.3 Å². The van der Waals surface area contributed by atoms with Crippen LogP contribution in [0.15, 0.2) is 81.0 Å². The standard InChI is InChI=1S/C28H28O7/c1-18(2)10-8-11-19(3)16-17-32-26-25(35-27(30)21-12-6-5-7-13-21)24-22(33-20(4)29)14-9-15-23(24)34-28(26)31/h5-7,9-10,12-16H,8,11,17H2,1-4H3. The Kier molecular flexibility index (Phi) is 8.62. The van der Waals surface area contributed by atoms with Crippen LogP contribution in [0.1, 0.15) is 50.9 Å². The summed E-state index contributed by atoms with van der Waals surface area (Å²) in [6.07, 6.45) is 5.73. The molecule has 2 aromatic carbocycles. The van der Waals surface area contributed by atoms with Crippen LogP contribution in [-0.4, -0.2) is 18.5 Å². The lowest BCUT2D eigenvalue weighted by molar-refractivity contribution is -0.131. The molecular formula is C28H28O7. The number of hydrogen-bond acceptors (Lipinski definition) is 7. The summed E-state index contributed by atoms with van der Waals surface area (Å²) in [5, 5.41) is 0.144. The Morgan fingerprint density at radius 3 is 2.31 bits per heavy atom. The second-order valence-corrected chi connectivity index (χ2v) is 8.21. The highest BCUT2D eigenvalue weighted by atomic mass is 16.6. The predicted molar refractivity (Wildman–Crippen MR) is 133 cm³/mol. The van der Waals surface area contributed by atoms with Crippen molar-refractivity contribution in [1.29, 1.82) is 0 Å². The Labute approximate surface area is 203 Å². The third kappa shape index (κ3) is 6.93. The summed E-state index contributed by atoms with van der Waals surface area (Å²) in [6, 6.07) is 12.9. The number of allylic oxidation sites excluding steroid dienone is 3. The lowest BCUT2D eigenvalue weighted by atomic mass is 10.1. The summed E-state index contributed by atoms with van der Waals surface area (Å²) < 4.78 is 22.1. The molecular weight excluding hydrogens is 448 g/mol. The zero-order valence-corrected chi connectivity index (χ0v) is 20.3. The zero-order valence-electron chi connectivity index (χ0n) is 20.3. The Hall–Kier alpha value is -4.13. The van der Waals surface area contributed by atoms with Crippen molar-refractivity contribution in [3.8, 4) is 17.2 Å². The first-order chi connectivity index (χ1) is 16.8. The first kappa shape index (κ1) is 25.5. The van der Waals surface area contributed by atoms with Gasteiger partial charge in [-0.15, -0.1) is 0 Å². The van der Waals surface area contributed by atoms with E-state index in [9.17, 15) is 14.4 Å². The minimum atomic E-state index is -0.816. The van der Waals surface area contributed by atoms with Gasteiger partial charge in [-0.1, -0.05) is 41.5 Å². The molecule has 3 rings (SSSR count). The monoisotopic (exact) mass is 476 g/mol. The molecule has 0 amide bonds. The molecule has 35 heavy (non-hydrogen) atoms. The van der Waals surface area contributed by atoms with Crippen LogP contribution < -0.4 is 19.8 Å². The van der Waals surface area contributed by atoms with Crippen LogP contribution in [0.2, 0.25) is 0 Å². The second-order valence-electron chi connectivity index (χ2n) is 8.21. The topological polar surface area (TPSA) is 92.0 Å². The number of carbonyl (C=O) groups excluding carboxylic acids is 2. The molecule has 0 bridgehead atoms. The van der Waals surface area contributed by atoms with E-state index in [0.717, 1.165) is 18.4 Å². The number of ether oxygens (including phenoxy) is 3. The Balaban J connectivity index is 2.02. The summed E-state index contributed by atoms with van der Waals surface area (Å²) in [6.45, 7) is 7.36. The van der Waals surface area contributed by atoms with E-state index < -0.39 is 17.6 Å². The molecule has 0 radical (unpaired) electrons. The summed E-state index contributed by atoms with van der Waals surface area (Å²) >= 11 is 0. The highest BCUT2D eigenvalue weighted by Gasteiger charge is 2.24. The maximum atomic E-state index is 12.9. The average Bonchev–Trinajstić information content (AvgIpc) is 2.80. The van der Waals surface area contributed by atoms with Gasteiger partial charge in [-0.3, -0.25) is 4.79 Å². The smallest absolute Gasteiger partial charge is 0.383 e. The zero-order chi connectivity index (χ0) is 25.4. The maximum Gasteiger partial charge on any atom is 0.383 e. The number of carbonyl (C=O) groups is 2. The third-order valence-electron chi connectivity index (χ3n) is 5.02. The quantitative estimate of drug-likeness (QED) is 0.162. The van der Waals surface area contributed by atoms with Gasteiger partial charge in [0.15, 0.2) is 5.75 Å². The van der Waals surface area contributed by atoms with Gasteiger partial charge in [0.05, 0.1) is 5.56 Å². The molecule has 0 N–H and O–H groups in total. The Bertz CT molecular complexity index is 1330. The first-order valence-corrected chi connectivity index (χ1v) is 11.2. The van der Waals surface area contributed by atoms with E-state index in [2.05, 4.69) is 6.08 Å². The van der Waals surface area contributed by atoms with Crippen LogP contribution in [0, 0.1) is 0 Å². The van der Waals surface area contributed by atoms with E-state index in [0.29, 0.717) is 0 Å². The van der Waals surface area contributed by atoms with Crippen LogP contribution in [0.25, 0.3) is 11.0 Å². The van der Waals surface area contributed by atoms with Crippen molar-refractivity contribution >= 4 is 22.9 Å². The largest absolute Gasteiger partial charge is 0.480 e. The van der Waals surface area contributed by atoms with Gasteiger partial charge in [0.25, 0.3) is 0 Å². The SMILES string of the molecule is CC(=O)Oc1cccc2oc(=O)c(OCC=C(C)CCC=C(C)C)c(OC(=O)c3ccccc3)c12. The van der Waals surface area contributed by atoms with Gasteiger partial charge in [0.2, 0.25) is 5.75 Å². The highest BCUT2D eigenvalue weighted by molar-refractivity contribution is 5.98. The normalized spacial score (nSPS) is 11.1. The van der Waals surface area contributed by atoms with Crippen molar-refractivity contribution in [2.24, 2.45) is 0 Å². The molecule has 0 spiro atoms. The third-order valence-corrected chi connectivity index (χ3v) is 5.02. The van der Waals surface area contributed by atoms with Crippen LogP contribution in [-0.2, 0) is 4.79 Å². The van der Waals surface area contributed by atoms with Crippen molar-refractivity contribution in [1.82, 2.24) is 0 Å². The number of esters is 2. The fourth-order valence-corrected chi connectivity index (χ4v) is 3.32. The van der Waals surface area contributed by atoms with E-state index in [1.165, 1.54) is 24.6 Å². The van der Waals surface area contributed by atoms with Gasteiger partial charge in [-0.2, -0.15) is 0 Å². The van der Waals surface area contributed by atoms with E-state index in [1.807, 2.05) is 26.8 Å². The molecule has 182 valence electrons. The molecule has 1 aromatic heterocycles. The molecule has 0 atom stereocenters. The molecule has 0 saturated carbocycles. The predicted octanol–water partition coefficient (Wildman–Crippen LogP) is 6.01. The molecule has 0 aliphatic heterocycles. The van der Waals surface area contributed by atoms with Crippen molar-refractivity contribution in [2.45, 2.75) is 40.5 Å². The van der Waals surface area contributed by atoms with Crippen molar-refractivity contribution in [2.75, 3.05) is 6.61 Å². The Morgan fingerprint density at radius 1 is 0.886 bits per heavy atom. The number of hydrogen-bond donors (Lipinski definition) is 0. The van der Waals surface area contributed by atoms with Gasteiger partial charge in [-0.25, -0.2) is 9.59 Å². The van der Waals surface area contributed by atoms with Crippen molar-refractivity contribution < 1.29 is 28.2 Å². The summed E-state index contributed by atoms with van der Waals surface area (Å²) in [4.78, 5) is 37.4. The fraction of sp³-hybridized carbons (Fsp3) is 0.250. The van der Waals surface area contributed by atoms with Crippen LogP contribution in [0.4, 0.5) is 0 Å². The number of rotatable bonds is 9. The maximum absolute atomic E-state index is 12.9. The van der Waals surface area contributed by atoms with E-state index in [1.54, 1.807) is 36.4 Å². The minimum Gasteiger partial charge on any atom is -0.480 e. The van der Waals surface area contributed by atoms with E-state index in [-0.39, 0.29) is 40.4 Å². The minimum absolute atomic E-state index is 0.0581. The number of fused-ring (bicyclic) bond motifs is 1. The fourth-order valence-electron chi connectivity index (χ4n) is 3.32. The number of benzene rings is 2. The van der Waals surface area contributed by atoms with E-state index >= 15 is 0 Å². The van der Waals surface area contributed by atoms with Crippen molar-refractivity contribution in [3.05, 3.63) is 87.8 Å². The molecule has 0 aliphatic carbocycles. The molecule has 0 fully saturated rings. The van der Waals surface area contributed by atoms with Gasteiger partial charge < -0.3 is 18.6 Å². The summed E-state index contributed by atoms with van der Waals surface area (Å²) in [7, 11) is 0. The van der Waals surface area contributed by atoms with Crippen LogP contribution >= 0.6 is 0 Å².